The zero-order valence-corrected chi connectivity index (χ0v) is 11.6. The van der Waals surface area contributed by atoms with Crippen LogP contribution in [0.25, 0.3) is 0 Å². The molecule has 1 heterocycles. The van der Waals surface area contributed by atoms with Crippen molar-refractivity contribution in [1.82, 2.24) is 15.3 Å². The monoisotopic (exact) mass is 254 g/mol. The summed E-state index contributed by atoms with van der Waals surface area (Å²) in [6.45, 7) is 6.05. The van der Waals surface area contributed by atoms with Crippen LogP contribution in [0.3, 0.4) is 0 Å². The lowest BCUT2D eigenvalue weighted by Crippen LogP contribution is -2.54. The molecule has 5 heteroatoms. The quantitative estimate of drug-likeness (QED) is 0.730. The van der Waals surface area contributed by atoms with Crippen molar-refractivity contribution >= 4 is 5.91 Å². The summed E-state index contributed by atoms with van der Waals surface area (Å²) in [4.78, 5) is 14.5. The number of rotatable bonds is 2. The molecule has 0 aromatic carbocycles. The van der Waals surface area contributed by atoms with Gasteiger partial charge in [-0.05, 0) is 32.2 Å². The number of nitrogens with one attached hydrogen (secondary N) is 1. The van der Waals surface area contributed by atoms with Gasteiger partial charge < -0.3 is 10.6 Å². The Kier molecular flexibility index (Phi) is 4.59. The van der Waals surface area contributed by atoms with Gasteiger partial charge in [-0.2, -0.15) is 0 Å². The fourth-order valence-corrected chi connectivity index (χ4v) is 3.04. The predicted molar refractivity (Wildman–Crippen MR) is 71.7 cm³/mol. The second-order valence-corrected chi connectivity index (χ2v) is 6.04. The molecule has 2 aliphatic rings. The highest BCUT2D eigenvalue weighted by Gasteiger charge is 2.30. The Morgan fingerprint density at radius 3 is 2.44 bits per heavy atom. The van der Waals surface area contributed by atoms with E-state index in [2.05, 4.69) is 24.3 Å². The molecule has 5 nitrogen and oxygen atoms in total. The first-order valence-corrected chi connectivity index (χ1v) is 7.04. The second-order valence-electron chi connectivity index (χ2n) is 6.04. The van der Waals surface area contributed by atoms with Gasteiger partial charge in [0.1, 0.15) is 0 Å². The number of carbonyl (C=O) groups is 1. The molecule has 1 amide bonds. The number of nitrogens with zero attached hydrogens (tertiary/aromatic N) is 2. The Morgan fingerprint density at radius 1 is 1.17 bits per heavy atom. The van der Waals surface area contributed by atoms with Crippen molar-refractivity contribution in [2.24, 2.45) is 17.6 Å². The standard InChI is InChI=1S/C13H26N4O/c1-10-7-11(9-12(14)8-10)13(18)15-17-5-3-16(2)4-6-17/h10-12H,3-9,14H2,1-2H3,(H,15,18). The Bertz CT molecular complexity index is 279. The van der Waals surface area contributed by atoms with Gasteiger partial charge in [0, 0.05) is 38.1 Å². The molecule has 2 fully saturated rings. The Balaban J connectivity index is 1.80. The van der Waals surface area contributed by atoms with Crippen molar-refractivity contribution in [2.75, 3.05) is 33.2 Å². The summed E-state index contributed by atoms with van der Waals surface area (Å²) in [5.74, 6) is 0.835. The van der Waals surface area contributed by atoms with E-state index in [0.29, 0.717) is 5.92 Å². The predicted octanol–water partition coefficient (Wildman–Crippen LogP) is 0.0285. The number of carbonyl (C=O) groups excluding carboxylic acids is 1. The van der Waals surface area contributed by atoms with Crippen molar-refractivity contribution < 1.29 is 4.79 Å². The maximum absolute atomic E-state index is 12.2. The molecule has 1 saturated heterocycles. The van der Waals surface area contributed by atoms with Crippen LogP contribution in [0.4, 0.5) is 0 Å². The van der Waals surface area contributed by atoms with E-state index in [9.17, 15) is 4.79 Å². The van der Waals surface area contributed by atoms with Gasteiger partial charge in [-0.1, -0.05) is 6.92 Å². The minimum absolute atomic E-state index is 0.100. The van der Waals surface area contributed by atoms with Crippen LogP contribution in [-0.2, 0) is 4.79 Å². The van der Waals surface area contributed by atoms with E-state index in [-0.39, 0.29) is 17.9 Å². The van der Waals surface area contributed by atoms with Crippen LogP contribution in [0.1, 0.15) is 26.2 Å². The fourth-order valence-electron chi connectivity index (χ4n) is 3.04. The van der Waals surface area contributed by atoms with Crippen LogP contribution in [0, 0.1) is 11.8 Å². The van der Waals surface area contributed by atoms with E-state index in [0.717, 1.165) is 45.4 Å². The lowest BCUT2D eigenvalue weighted by molar-refractivity contribution is -0.132. The number of amides is 1. The average Bonchev–Trinajstić information content (AvgIpc) is 2.31. The Labute approximate surface area is 110 Å². The van der Waals surface area contributed by atoms with Gasteiger partial charge in [-0.25, -0.2) is 5.01 Å². The normalized spacial score (nSPS) is 35.4. The third kappa shape index (κ3) is 3.67. The van der Waals surface area contributed by atoms with Gasteiger partial charge >= 0.3 is 0 Å². The molecule has 0 radical (unpaired) electrons. The third-order valence-corrected chi connectivity index (χ3v) is 4.12. The smallest absolute Gasteiger partial charge is 0.237 e. The zero-order chi connectivity index (χ0) is 13.1. The highest BCUT2D eigenvalue weighted by Crippen LogP contribution is 2.28. The lowest BCUT2D eigenvalue weighted by atomic mass is 9.79. The van der Waals surface area contributed by atoms with E-state index in [1.54, 1.807) is 0 Å². The van der Waals surface area contributed by atoms with Gasteiger partial charge in [0.25, 0.3) is 0 Å². The molecule has 0 spiro atoms. The van der Waals surface area contributed by atoms with E-state index in [1.807, 2.05) is 5.01 Å². The van der Waals surface area contributed by atoms with E-state index in [1.165, 1.54) is 0 Å². The molecule has 2 rings (SSSR count). The second kappa shape index (κ2) is 5.99. The first-order valence-electron chi connectivity index (χ1n) is 7.04. The Hall–Kier alpha value is -0.650. The fraction of sp³-hybridized carbons (Fsp3) is 0.923. The summed E-state index contributed by atoms with van der Waals surface area (Å²) in [6, 6.07) is 0.192. The number of nitrogens with two attached hydrogens (primary N) is 1. The molecule has 3 atom stereocenters. The topological polar surface area (TPSA) is 61.6 Å². The molecular weight excluding hydrogens is 228 g/mol. The van der Waals surface area contributed by atoms with E-state index in [4.69, 9.17) is 5.73 Å². The van der Waals surface area contributed by atoms with Gasteiger partial charge in [0.05, 0.1) is 0 Å². The number of hydrazine groups is 1. The van der Waals surface area contributed by atoms with E-state index >= 15 is 0 Å². The number of hydrogen-bond acceptors (Lipinski definition) is 4. The molecule has 0 aromatic rings. The maximum atomic E-state index is 12.2. The molecule has 1 aliphatic carbocycles. The first kappa shape index (κ1) is 13.8. The minimum atomic E-state index is 0.100. The van der Waals surface area contributed by atoms with Gasteiger partial charge in [0.2, 0.25) is 5.91 Å². The van der Waals surface area contributed by atoms with Crippen molar-refractivity contribution in [2.45, 2.75) is 32.2 Å². The summed E-state index contributed by atoms with van der Waals surface area (Å²) in [6.07, 6.45) is 2.87. The molecule has 104 valence electrons. The Morgan fingerprint density at radius 2 is 1.83 bits per heavy atom. The summed E-state index contributed by atoms with van der Waals surface area (Å²) in [7, 11) is 2.11. The maximum Gasteiger partial charge on any atom is 0.237 e. The summed E-state index contributed by atoms with van der Waals surface area (Å²) in [5.41, 5.74) is 9.07. The van der Waals surface area contributed by atoms with E-state index < -0.39 is 0 Å². The molecule has 0 bridgehead atoms. The molecule has 0 aromatic heterocycles. The summed E-state index contributed by atoms with van der Waals surface area (Å²) < 4.78 is 0. The van der Waals surface area contributed by atoms with Crippen LogP contribution in [0.15, 0.2) is 0 Å². The largest absolute Gasteiger partial charge is 0.328 e. The zero-order valence-electron chi connectivity index (χ0n) is 11.6. The lowest BCUT2D eigenvalue weighted by Gasteiger charge is -2.35. The average molecular weight is 254 g/mol. The molecule has 1 saturated carbocycles. The van der Waals surface area contributed by atoms with Gasteiger partial charge in [0.15, 0.2) is 0 Å². The SMILES string of the molecule is CC1CC(N)CC(C(=O)NN2CCN(C)CC2)C1. The van der Waals surface area contributed by atoms with Crippen molar-refractivity contribution in [3.63, 3.8) is 0 Å². The summed E-state index contributed by atoms with van der Waals surface area (Å²) >= 11 is 0. The van der Waals surface area contributed by atoms with Gasteiger partial charge in [-0.15, -0.1) is 0 Å². The third-order valence-electron chi connectivity index (χ3n) is 4.12. The summed E-state index contributed by atoms with van der Waals surface area (Å²) in [5, 5.41) is 2.05. The molecule has 3 unspecified atom stereocenters. The van der Waals surface area contributed by atoms with Crippen LogP contribution >= 0.6 is 0 Å². The number of likely N-dealkylation sites (N-methyl/N-ethyl adjacent to an activating group) is 1. The van der Waals surface area contributed by atoms with Crippen LogP contribution in [0.5, 0.6) is 0 Å². The minimum Gasteiger partial charge on any atom is -0.328 e. The molecule has 18 heavy (non-hydrogen) atoms. The van der Waals surface area contributed by atoms with Crippen LogP contribution in [-0.4, -0.2) is 55.1 Å². The molecule has 3 N–H and O–H groups in total. The van der Waals surface area contributed by atoms with Crippen molar-refractivity contribution in [3.05, 3.63) is 0 Å². The first-order chi connectivity index (χ1) is 8.54. The van der Waals surface area contributed by atoms with Crippen LogP contribution in [0.2, 0.25) is 0 Å². The highest BCUT2D eigenvalue weighted by atomic mass is 16.2. The van der Waals surface area contributed by atoms with Crippen molar-refractivity contribution in [3.8, 4) is 0 Å². The number of piperazine rings is 1. The number of hydrogen-bond donors (Lipinski definition) is 2. The van der Waals surface area contributed by atoms with Crippen LogP contribution < -0.4 is 11.2 Å². The molecular formula is C13H26N4O. The van der Waals surface area contributed by atoms with Crippen molar-refractivity contribution in [1.29, 1.82) is 0 Å². The van der Waals surface area contributed by atoms with Gasteiger partial charge in [-0.3, -0.25) is 10.2 Å². The molecule has 1 aliphatic heterocycles. The highest BCUT2D eigenvalue weighted by molar-refractivity contribution is 5.78.